The molecule has 2 amide bonds. The van der Waals surface area contributed by atoms with Crippen molar-refractivity contribution < 1.29 is 22.4 Å². The molecule has 0 fully saturated rings. The summed E-state index contributed by atoms with van der Waals surface area (Å²) in [5.41, 5.74) is 1.28. The van der Waals surface area contributed by atoms with Gasteiger partial charge in [-0.3, -0.25) is 0 Å². The van der Waals surface area contributed by atoms with E-state index < -0.39 is 17.8 Å². The molecule has 27 heavy (non-hydrogen) atoms. The van der Waals surface area contributed by atoms with E-state index in [1.54, 1.807) is 6.07 Å². The number of carbonyl (C=O) groups excluding carboxylic acids is 1. The van der Waals surface area contributed by atoms with E-state index in [-0.39, 0.29) is 18.0 Å². The number of urea groups is 1. The molecule has 0 atom stereocenters. The lowest BCUT2D eigenvalue weighted by atomic mass is 10.0. The smallest absolute Gasteiger partial charge is 0.358 e. The van der Waals surface area contributed by atoms with Crippen LogP contribution in [0.15, 0.2) is 42.5 Å². The van der Waals surface area contributed by atoms with Crippen LogP contribution in [0.5, 0.6) is 0 Å². The van der Waals surface area contributed by atoms with E-state index in [0.29, 0.717) is 18.4 Å². The zero-order chi connectivity index (χ0) is 19.2. The Morgan fingerprint density at radius 3 is 2.70 bits per heavy atom. The molecule has 2 N–H and O–H groups in total. The lowest BCUT2D eigenvalue weighted by Gasteiger charge is -2.28. The van der Waals surface area contributed by atoms with Crippen LogP contribution in [0.3, 0.4) is 0 Å². The van der Waals surface area contributed by atoms with Crippen LogP contribution in [0.1, 0.15) is 16.8 Å². The summed E-state index contributed by atoms with van der Waals surface area (Å²) in [6, 6.07) is 8.60. The molecule has 0 spiro atoms. The van der Waals surface area contributed by atoms with Gasteiger partial charge < -0.3 is 15.2 Å². The van der Waals surface area contributed by atoms with Gasteiger partial charge in [-0.1, -0.05) is 12.1 Å². The molecular formula is C19H15F4N3O. The molecule has 1 aromatic heterocycles. The van der Waals surface area contributed by atoms with Gasteiger partial charge in [-0.05, 0) is 30.3 Å². The molecule has 2 aromatic carbocycles. The molecule has 0 saturated carbocycles. The summed E-state index contributed by atoms with van der Waals surface area (Å²) in [5, 5.41) is 3.03. The number of aromatic nitrogens is 1. The van der Waals surface area contributed by atoms with Crippen molar-refractivity contribution in [2.24, 2.45) is 0 Å². The molecule has 0 bridgehead atoms. The number of hydrogen-bond donors (Lipinski definition) is 2. The average Bonchev–Trinajstić information content (AvgIpc) is 2.98. The van der Waals surface area contributed by atoms with Gasteiger partial charge in [-0.2, -0.15) is 13.2 Å². The number of nitrogens with zero attached hydrogens (tertiary/aromatic N) is 1. The highest BCUT2D eigenvalue weighted by atomic mass is 19.4. The van der Waals surface area contributed by atoms with Gasteiger partial charge in [0.2, 0.25) is 0 Å². The summed E-state index contributed by atoms with van der Waals surface area (Å²) in [6.45, 7) is 0.543. The molecule has 2 heterocycles. The third-order valence-electron chi connectivity index (χ3n) is 4.70. The zero-order valence-corrected chi connectivity index (χ0v) is 14.0. The first kappa shape index (κ1) is 17.4. The number of fused-ring (bicyclic) bond motifs is 3. The van der Waals surface area contributed by atoms with E-state index in [2.05, 4.69) is 10.3 Å². The number of benzene rings is 2. The standard InChI is InChI=1S/C19H15F4N3O/c20-11-5-6-15-12(9-11)13-10-26(8-7-16(13)24-15)18(27)25-17-4-2-1-3-14(17)19(21,22)23/h1-6,9,24H,7-8,10H2,(H,25,27). The van der Waals surface area contributed by atoms with Crippen LogP contribution in [0.2, 0.25) is 0 Å². The molecule has 1 aliphatic rings. The lowest BCUT2D eigenvalue weighted by molar-refractivity contribution is -0.136. The van der Waals surface area contributed by atoms with Crippen LogP contribution in [-0.4, -0.2) is 22.5 Å². The summed E-state index contributed by atoms with van der Waals surface area (Å²) in [4.78, 5) is 17.2. The van der Waals surface area contributed by atoms with Crippen molar-refractivity contribution >= 4 is 22.6 Å². The monoisotopic (exact) mass is 377 g/mol. The number of aromatic amines is 1. The van der Waals surface area contributed by atoms with Gasteiger partial charge in [-0.15, -0.1) is 0 Å². The summed E-state index contributed by atoms with van der Waals surface area (Å²) in [6.07, 6.45) is -4.05. The van der Waals surface area contributed by atoms with Crippen molar-refractivity contribution in [2.75, 3.05) is 11.9 Å². The van der Waals surface area contributed by atoms with Crippen LogP contribution >= 0.6 is 0 Å². The highest BCUT2D eigenvalue weighted by Crippen LogP contribution is 2.35. The predicted octanol–water partition coefficient (Wildman–Crippen LogP) is 4.92. The van der Waals surface area contributed by atoms with Crippen LogP contribution in [-0.2, 0) is 19.1 Å². The van der Waals surface area contributed by atoms with Crippen LogP contribution < -0.4 is 5.32 Å². The highest BCUT2D eigenvalue weighted by molar-refractivity contribution is 5.91. The van der Waals surface area contributed by atoms with Crippen molar-refractivity contribution in [3.63, 3.8) is 0 Å². The number of alkyl halides is 3. The van der Waals surface area contributed by atoms with E-state index in [0.717, 1.165) is 22.8 Å². The SMILES string of the molecule is O=C(Nc1ccccc1C(F)(F)F)N1CCc2[nH]c3ccc(F)cc3c2C1. The maximum absolute atomic E-state index is 13.6. The minimum atomic E-state index is -4.56. The Balaban J connectivity index is 1.59. The molecule has 0 radical (unpaired) electrons. The van der Waals surface area contributed by atoms with E-state index in [1.165, 1.54) is 35.2 Å². The van der Waals surface area contributed by atoms with E-state index in [4.69, 9.17) is 0 Å². The van der Waals surface area contributed by atoms with Gasteiger partial charge in [0.05, 0.1) is 11.3 Å². The second-order valence-corrected chi connectivity index (χ2v) is 6.42. The van der Waals surface area contributed by atoms with Gasteiger partial charge in [0, 0.05) is 41.7 Å². The minimum absolute atomic E-state index is 0.193. The minimum Gasteiger partial charge on any atom is -0.358 e. The van der Waals surface area contributed by atoms with Gasteiger partial charge in [0.25, 0.3) is 0 Å². The quantitative estimate of drug-likeness (QED) is 0.582. The Morgan fingerprint density at radius 1 is 1.15 bits per heavy atom. The topological polar surface area (TPSA) is 48.1 Å². The molecule has 1 aliphatic heterocycles. The van der Waals surface area contributed by atoms with Crippen LogP contribution in [0, 0.1) is 5.82 Å². The Morgan fingerprint density at radius 2 is 1.93 bits per heavy atom. The average molecular weight is 377 g/mol. The van der Waals surface area contributed by atoms with Crippen molar-refractivity contribution in [2.45, 2.75) is 19.1 Å². The van der Waals surface area contributed by atoms with E-state index in [9.17, 15) is 22.4 Å². The molecule has 0 saturated heterocycles. The van der Waals surface area contributed by atoms with Crippen molar-refractivity contribution in [1.29, 1.82) is 0 Å². The fourth-order valence-corrected chi connectivity index (χ4v) is 3.39. The van der Waals surface area contributed by atoms with Crippen molar-refractivity contribution in [3.05, 3.63) is 65.1 Å². The number of nitrogens with one attached hydrogen (secondary N) is 2. The third-order valence-corrected chi connectivity index (χ3v) is 4.70. The van der Waals surface area contributed by atoms with Crippen LogP contribution in [0.4, 0.5) is 28.0 Å². The Hall–Kier alpha value is -3.03. The fourth-order valence-electron chi connectivity index (χ4n) is 3.39. The van der Waals surface area contributed by atoms with Gasteiger partial charge in [0.15, 0.2) is 0 Å². The molecule has 3 aromatic rings. The second kappa shape index (κ2) is 6.29. The summed E-state index contributed by atoms with van der Waals surface area (Å²) in [5.74, 6) is -0.384. The number of carbonyl (C=O) groups is 1. The largest absolute Gasteiger partial charge is 0.418 e. The van der Waals surface area contributed by atoms with Gasteiger partial charge >= 0.3 is 12.2 Å². The number of anilines is 1. The van der Waals surface area contributed by atoms with Gasteiger partial charge in [-0.25, -0.2) is 9.18 Å². The Labute approximate surface area is 151 Å². The van der Waals surface area contributed by atoms with Crippen LogP contribution in [0.25, 0.3) is 10.9 Å². The predicted molar refractivity (Wildman–Crippen MR) is 92.8 cm³/mol. The van der Waals surface area contributed by atoms with Crippen molar-refractivity contribution in [3.8, 4) is 0 Å². The first-order valence-corrected chi connectivity index (χ1v) is 8.34. The number of halogens is 4. The highest BCUT2D eigenvalue weighted by Gasteiger charge is 2.34. The Bertz CT molecular complexity index is 1030. The molecule has 4 nitrogen and oxygen atoms in total. The van der Waals surface area contributed by atoms with Crippen molar-refractivity contribution in [1.82, 2.24) is 9.88 Å². The summed E-state index contributed by atoms with van der Waals surface area (Å²) >= 11 is 0. The van der Waals surface area contributed by atoms with Gasteiger partial charge in [0.1, 0.15) is 5.82 Å². The molecule has 140 valence electrons. The Kier molecular flexibility index (Phi) is 4.05. The fraction of sp³-hybridized carbons (Fsp3) is 0.211. The number of hydrogen-bond acceptors (Lipinski definition) is 1. The maximum atomic E-state index is 13.6. The first-order valence-electron chi connectivity index (χ1n) is 8.34. The normalized spacial score (nSPS) is 14.3. The van der Waals surface area contributed by atoms with E-state index >= 15 is 0 Å². The third kappa shape index (κ3) is 3.22. The summed E-state index contributed by atoms with van der Waals surface area (Å²) in [7, 11) is 0. The number of para-hydroxylation sites is 1. The van der Waals surface area contributed by atoms with E-state index in [1.807, 2.05) is 0 Å². The lowest BCUT2D eigenvalue weighted by Crippen LogP contribution is -2.39. The zero-order valence-electron chi connectivity index (χ0n) is 14.0. The maximum Gasteiger partial charge on any atom is 0.418 e. The molecule has 8 heteroatoms. The summed E-state index contributed by atoms with van der Waals surface area (Å²) < 4.78 is 52.9. The molecule has 4 rings (SSSR count). The molecule has 0 unspecified atom stereocenters. The number of rotatable bonds is 1. The number of amides is 2. The second-order valence-electron chi connectivity index (χ2n) is 6.42. The number of H-pyrrole nitrogens is 1. The molecular weight excluding hydrogens is 362 g/mol. The molecule has 0 aliphatic carbocycles. The first-order chi connectivity index (χ1) is 12.8.